The number of pyridine rings is 1. The van der Waals surface area contributed by atoms with Gasteiger partial charge in [0.1, 0.15) is 17.4 Å². The van der Waals surface area contributed by atoms with E-state index in [0.29, 0.717) is 16.3 Å². The van der Waals surface area contributed by atoms with Crippen LogP contribution in [0.2, 0.25) is 0 Å². The van der Waals surface area contributed by atoms with Crippen LogP contribution in [0, 0.1) is 11.6 Å². The largest absolute Gasteiger partial charge is 0.508 e. The van der Waals surface area contributed by atoms with Gasteiger partial charge in [0, 0.05) is 34.3 Å². The summed E-state index contributed by atoms with van der Waals surface area (Å²) in [6.07, 6.45) is 3.08. The van der Waals surface area contributed by atoms with Gasteiger partial charge in [0.25, 0.3) is 0 Å². The lowest BCUT2D eigenvalue weighted by Gasteiger charge is -2.13. The van der Waals surface area contributed by atoms with Gasteiger partial charge in [-0.05, 0) is 29.7 Å². The van der Waals surface area contributed by atoms with Crippen LogP contribution in [0.25, 0.3) is 21.9 Å². The lowest BCUT2D eigenvalue weighted by molar-refractivity contribution is 0.454. The predicted molar refractivity (Wildman–Crippen MR) is 82.8 cm³/mol. The van der Waals surface area contributed by atoms with Crippen molar-refractivity contribution in [3.63, 3.8) is 0 Å². The van der Waals surface area contributed by atoms with Gasteiger partial charge in [-0.1, -0.05) is 26.0 Å². The minimum absolute atomic E-state index is 0.151. The van der Waals surface area contributed by atoms with Gasteiger partial charge in [0.2, 0.25) is 0 Å². The van der Waals surface area contributed by atoms with Gasteiger partial charge in [-0.15, -0.1) is 0 Å². The van der Waals surface area contributed by atoms with Crippen LogP contribution >= 0.6 is 0 Å². The SMILES string of the molecule is CC(C)c1c(O)cc(-c2ccc3cnccc3c2F)cc1F. The summed E-state index contributed by atoms with van der Waals surface area (Å²) in [7, 11) is 0. The highest BCUT2D eigenvalue weighted by Gasteiger charge is 2.17. The van der Waals surface area contributed by atoms with Crippen molar-refractivity contribution in [2.75, 3.05) is 0 Å². The molecule has 0 saturated carbocycles. The number of aromatic nitrogens is 1. The highest BCUT2D eigenvalue weighted by molar-refractivity contribution is 5.87. The molecule has 1 heterocycles. The Labute approximate surface area is 127 Å². The molecule has 0 bridgehead atoms. The fraction of sp³-hybridized carbons (Fsp3) is 0.167. The molecule has 22 heavy (non-hydrogen) atoms. The molecule has 3 aromatic rings. The molecule has 0 unspecified atom stereocenters. The first kappa shape index (κ1) is 14.4. The molecule has 0 aliphatic heterocycles. The Kier molecular flexibility index (Phi) is 3.53. The van der Waals surface area contributed by atoms with Crippen molar-refractivity contribution in [2.24, 2.45) is 0 Å². The van der Waals surface area contributed by atoms with Crippen LogP contribution in [-0.4, -0.2) is 10.1 Å². The Hall–Kier alpha value is -2.49. The number of rotatable bonds is 2. The summed E-state index contributed by atoms with van der Waals surface area (Å²) in [5.74, 6) is -1.28. The van der Waals surface area contributed by atoms with Crippen LogP contribution in [0.1, 0.15) is 25.3 Å². The Morgan fingerprint density at radius 3 is 2.55 bits per heavy atom. The molecule has 1 N–H and O–H groups in total. The van der Waals surface area contributed by atoms with Crippen LogP contribution in [0.4, 0.5) is 8.78 Å². The third-order valence-corrected chi connectivity index (χ3v) is 3.75. The maximum Gasteiger partial charge on any atom is 0.138 e. The van der Waals surface area contributed by atoms with Crippen molar-refractivity contribution >= 4 is 10.8 Å². The number of fused-ring (bicyclic) bond motifs is 1. The van der Waals surface area contributed by atoms with Gasteiger partial charge in [0.15, 0.2) is 0 Å². The lowest BCUT2D eigenvalue weighted by atomic mass is 9.95. The number of hydrogen-bond donors (Lipinski definition) is 1. The summed E-state index contributed by atoms with van der Waals surface area (Å²) < 4.78 is 28.8. The number of halogens is 2. The molecule has 0 fully saturated rings. The van der Waals surface area contributed by atoms with Crippen LogP contribution < -0.4 is 0 Å². The van der Waals surface area contributed by atoms with Crippen molar-refractivity contribution in [3.05, 3.63) is 59.9 Å². The van der Waals surface area contributed by atoms with Crippen molar-refractivity contribution in [3.8, 4) is 16.9 Å². The Bertz CT molecular complexity index is 836. The monoisotopic (exact) mass is 299 g/mol. The number of nitrogens with zero attached hydrogens (tertiary/aromatic N) is 1. The zero-order valence-corrected chi connectivity index (χ0v) is 12.3. The fourth-order valence-corrected chi connectivity index (χ4v) is 2.68. The van der Waals surface area contributed by atoms with Gasteiger partial charge in [-0.25, -0.2) is 8.78 Å². The van der Waals surface area contributed by atoms with E-state index in [1.54, 1.807) is 38.2 Å². The molecule has 2 nitrogen and oxygen atoms in total. The van der Waals surface area contributed by atoms with E-state index >= 15 is 0 Å². The number of phenolic OH excluding ortho intramolecular Hbond substituents is 1. The molecule has 0 aliphatic carbocycles. The minimum atomic E-state index is -0.528. The average Bonchev–Trinajstić information content (AvgIpc) is 2.46. The average molecular weight is 299 g/mol. The third kappa shape index (κ3) is 2.30. The Morgan fingerprint density at radius 2 is 1.86 bits per heavy atom. The molecular weight excluding hydrogens is 284 g/mol. The van der Waals surface area contributed by atoms with Crippen molar-refractivity contribution in [2.45, 2.75) is 19.8 Å². The molecule has 3 rings (SSSR count). The lowest BCUT2D eigenvalue weighted by Crippen LogP contribution is -1.96. The van der Waals surface area contributed by atoms with E-state index in [1.807, 2.05) is 0 Å². The second-order valence-electron chi connectivity index (χ2n) is 5.57. The van der Waals surface area contributed by atoms with Crippen molar-refractivity contribution in [1.82, 2.24) is 4.98 Å². The molecule has 0 saturated heterocycles. The molecule has 4 heteroatoms. The topological polar surface area (TPSA) is 33.1 Å². The van der Waals surface area contributed by atoms with Crippen LogP contribution in [-0.2, 0) is 0 Å². The Balaban J connectivity index is 2.22. The smallest absolute Gasteiger partial charge is 0.138 e. The first-order valence-electron chi connectivity index (χ1n) is 7.04. The van der Waals surface area contributed by atoms with E-state index < -0.39 is 11.6 Å². The fourth-order valence-electron chi connectivity index (χ4n) is 2.68. The van der Waals surface area contributed by atoms with Crippen molar-refractivity contribution < 1.29 is 13.9 Å². The summed E-state index contributed by atoms with van der Waals surface area (Å²) in [5.41, 5.74) is 0.813. The molecule has 0 aliphatic rings. The molecular formula is C18H15F2NO. The maximum absolute atomic E-state index is 14.6. The summed E-state index contributed by atoms with van der Waals surface area (Å²) in [6.45, 7) is 3.59. The normalized spacial score (nSPS) is 11.3. The van der Waals surface area contributed by atoms with Gasteiger partial charge < -0.3 is 5.11 Å². The summed E-state index contributed by atoms with van der Waals surface area (Å²) in [5, 5.41) is 11.1. The van der Waals surface area contributed by atoms with Crippen LogP contribution in [0.3, 0.4) is 0 Å². The molecule has 0 radical (unpaired) electrons. The molecule has 0 spiro atoms. The first-order chi connectivity index (χ1) is 10.5. The second-order valence-corrected chi connectivity index (χ2v) is 5.57. The minimum Gasteiger partial charge on any atom is -0.508 e. The quantitative estimate of drug-likeness (QED) is 0.721. The van der Waals surface area contributed by atoms with Crippen LogP contribution in [0.5, 0.6) is 5.75 Å². The van der Waals surface area contributed by atoms with Gasteiger partial charge in [-0.3, -0.25) is 4.98 Å². The highest BCUT2D eigenvalue weighted by atomic mass is 19.1. The molecule has 0 atom stereocenters. The molecule has 0 amide bonds. The van der Waals surface area contributed by atoms with E-state index in [1.165, 1.54) is 18.3 Å². The summed E-state index contributed by atoms with van der Waals surface area (Å²) in [6, 6.07) is 7.55. The number of aromatic hydroxyl groups is 1. The van der Waals surface area contributed by atoms with Crippen LogP contribution in [0.15, 0.2) is 42.7 Å². The van der Waals surface area contributed by atoms with E-state index in [9.17, 15) is 13.9 Å². The summed E-state index contributed by atoms with van der Waals surface area (Å²) >= 11 is 0. The first-order valence-corrected chi connectivity index (χ1v) is 7.04. The third-order valence-electron chi connectivity index (χ3n) is 3.75. The van der Waals surface area contributed by atoms with Crippen molar-refractivity contribution in [1.29, 1.82) is 0 Å². The highest BCUT2D eigenvalue weighted by Crippen LogP contribution is 2.35. The Morgan fingerprint density at radius 1 is 1.09 bits per heavy atom. The number of hydrogen-bond acceptors (Lipinski definition) is 2. The number of benzene rings is 2. The van der Waals surface area contributed by atoms with E-state index in [0.717, 1.165) is 0 Å². The zero-order valence-electron chi connectivity index (χ0n) is 12.3. The van der Waals surface area contributed by atoms with Gasteiger partial charge in [0.05, 0.1) is 0 Å². The number of phenols is 1. The summed E-state index contributed by atoms with van der Waals surface area (Å²) in [4.78, 5) is 3.95. The van der Waals surface area contributed by atoms with E-state index in [-0.39, 0.29) is 22.8 Å². The van der Waals surface area contributed by atoms with Gasteiger partial charge >= 0.3 is 0 Å². The maximum atomic E-state index is 14.6. The van der Waals surface area contributed by atoms with E-state index in [2.05, 4.69) is 4.98 Å². The van der Waals surface area contributed by atoms with Gasteiger partial charge in [-0.2, -0.15) is 0 Å². The van der Waals surface area contributed by atoms with E-state index in [4.69, 9.17) is 0 Å². The zero-order chi connectivity index (χ0) is 15.9. The second kappa shape index (κ2) is 5.37. The predicted octanol–water partition coefficient (Wildman–Crippen LogP) is 5.01. The standard InChI is InChI=1S/C18H15F2NO/c1-10(2)17-15(19)7-12(8-16(17)22)13-4-3-11-9-21-6-5-14(11)18(13)20/h3-10,22H,1-2H3. The molecule has 1 aromatic heterocycles. The molecule has 112 valence electrons. The molecule has 2 aromatic carbocycles.